The Morgan fingerprint density at radius 3 is 0.757 bits per heavy atom. The van der Waals surface area contributed by atoms with E-state index in [9.17, 15) is 28.8 Å². The molecule has 0 saturated heterocycles. The summed E-state index contributed by atoms with van der Waals surface area (Å²) in [5.41, 5.74) is 21.9. The summed E-state index contributed by atoms with van der Waals surface area (Å²) in [6.07, 6.45) is 3.80. The van der Waals surface area contributed by atoms with Crippen molar-refractivity contribution in [3.8, 4) is 33.4 Å². The maximum Gasteiger partial charge on any atom is 0.407 e. The van der Waals surface area contributed by atoms with Gasteiger partial charge in [-0.2, -0.15) is 0 Å². The van der Waals surface area contributed by atoms with Crippen LogP contribution >= 0.6 is 0 Å². The van der Waals surface area contributed by atoms with Gasteiger partial charge in [0.1, 0.15) is 37.9 Å². The van der Waals surface area contributed by atoms with E-state index in [0.29, 0.717) is 17.1 Å². The van der Waals surface area contributed by atoms with Crippen molar-refractivity contribution in [1.82, 2.24) is 30.9 Å². The number of rotatable bonds is 24. The van der Waals surface area contributed by atoms with Crippen LogP contribution in [0.2, 0.25) is 0 Å². The van der Waals surface area contributed by atoms with Gasteiger partial charge in [-0.05, 0) is 155 Å². The highest BCUT2D eigenvalue weighted by molar-refractivity contribution is 6.00. The van der Waals surface area contributed by atoms with Crippen LogP contribution in [0.25, 0.3) is 66.1 Å². The van der Waals surface area contributed by atoms with E-state index in [1.165, 1.54) is 0 Å². The van der Waals surface area contributed by atoms with E-state index in [1.807, 2.05) is 237 Å². The van der Waals surface area contributed by atoms with E-state index in [4.69, 9.17) is 14.2 Å². The molecule has 0 radical (unpaired) electrons. The van der Waals surface area contributed by atoms with Gasteiger partial charge in [-0.1, -0.05) is 237 Å². The molecule has 12 aromatic carbocycles. The number of hydrogen-bond donors (Lipinski definition) is 9. The molecule has 0 fully saturated rings. The standard InChI is InChI=1S/C97H79N9O9/c107-92(88(49-61-52-98-85-34-16-13-19-67(61)85)104-95(110)113-55-82-76-28-7-1-22-70(76)71-23-2-8-29-77(71)82)101-64-43-37-58(38-44-64)91(59-39-45-65(46-40-59)102-93(108)89(50-62-53-99-86-35-17-14-20-68(62)86)105-96(111)114-56-83-78-30-9-3-24-72(78)73-25-4-10-31-79(73)83)60-41-47-66(48-42-60)103-94(109)90(51-63-54-100-87-36-18-15-21-69(63)87)106-97(112)115-57-84-80-32-11-5-26-74(80)75-27-6-12-33-81(75)84/h1-48,52-54,82-84,88-91,98-100H,49-51,55-57H2,(H,101,107)(H,102,108)(H,103,109)(H,104,110)(H,105,111)(H,106,112)/t88-,89-,90-/m0/s1. The predicted molar refractivity (Wildman–Crippen MR) is 448 cm³/mol. The molecular formula is C97H79N9O9. The third kappa shape index (κ3) is 14.8. The molecule has 0 unspecified atom stereocenters. The van der Waals surface area contributed by atoms with Crippen LogP contribution in [0, 0.1) is 0 Å². The molecule has 3 aliphatic carbocycles. The Hall–Kier alpha value is -14.5. The summed E-state index contributed by atoms with van der Waals surface area (Å²) in [5, 5.41) is 20.8. The molecule has 3 aliphatic rings. The lowest BCUT2D eigenvalue weighted by Crippen LogP contribution is -2.45. The van der Waals surface area contributed by atoms with E-state index >= 15 is 0 Å². The second kappa shape index (κ2) is 31.7. The largest absolute Gasteiger partial charge is 0.449 e. The van der Waals surface area contributed by atoms with Crippen LogP contribution < -0.4 is 31.9 Å². The minimum atomic E-state index is -1.07. The Kier molecular flexibility index (Phi) is 19.9. The summed E-state index contributed by atoms with van der Waals surface area (Å²) in [6, 6.07) is 91.3. The van der Waals surface area contributed by atoms with Gasteiger partial charge in [-0.15, -0.1) is 0 Å². The average Bonchev–Trinajstić information content (AvgIpc) is 1.63. The highest BCUT2D eigenvalue weighted by Gasteiger charge is 2.35. The molecule has 18 heteroatoms. The predicted octanol–water partition coefficient (Wildman–Crippen LogP) is 18.6. The van der Waals surface area contributed by atoms with E-state index in [0.717, 1.165) is 133 Å². The van der Waals surface area contributed by atoms with Crippen molar-refractivity contribution in [2.75, 3.05) is 35.8 Å². The first kappa shape index (κ1) is 72.0. The number of aromatic nitrogens is 3. The average molecular weight is 1510 g/mol. The molecular weight excluding hydrogens is 1440 g/mol. The number of H-pyrrole nitrogens is 3. The summed E-state index contributed by atoms with van der Waals surface area (Å²) in [7, 11) is 0. The zero-order chi connectivity index (χ0) is 77.9. The Morgan fingerprint density at radius 2 is 0.504 bits per heavy atom. The summed E-state index contributed by atoms with van der Waals surface area (Å²) < 4.78 is 18.1. The molecule has 0 saturated carbocycles. The third-order valence-corrected chi connectivity index (χ3v) is 22.7. The van der Waals surface area contributed by atoms with Crippen molar-refractivity contribution in [3.05, 3.63) is 377 Å². The minimum absolute atomic E-state index is 0.0605. The van der Waals surface area contributed by atoms with Gasteiger partial charge in [0.2, 0.25) is 17.7 Å². The zero-order valence-corrected chi connectivity index (χ0v) is 62.4. The number of ether oxygens (including phenoxy) is 3. The molecule has 0 aliphatic heterocycles. The van der Waals surface area contributed by atoms with Gasteiger partial charge >= 0.3 is 18.3 Å². The van der Waals surface area contributed by atoms with Crippen LogP contribution in [0.5, 0.6) is 0 Å². The number of para-hydroxylation sites is 3. The van der Waals surface area contributed by atoms with E-state index in [-0.39, 0.29) is 56.8 Å². The lowest BCUT2D eigenvalue weighted by Gasteiger charge is -2.22. The fraction of sp³-hybridized carbons (Fsp3) is 0.134. The second-order valence-electron chi connectivity index (χ2n) is 29.5. The monoisotopic (exact) mass is 1510 g/mol. The third-order valence-electron chi connectivity index (χ3n) is 22.7. The molecule has 9 N–H and O–H groups in total. The zero-order valence-electron chi connectivity index (χ0n) is 62.4. The van der Waals surface area contributed by atoms with E-state index in [2.05, 4.69) is 120 Å². The van der Waals surface area contributed by atoms with Gasteiger partial charge in [0.15, 0.2) is 0 Å². The molecule has 18 rings (SSSR count). The van der Waals surface area contributed by atoms with Crippen LogP contribution in [0.1, 0.15) is 90.4 Å². The van der Waals surface area contributed by atoms with Gasteiger partial charge in [-0.25, -0.2) is 14.4 Å². The van der Waals surface area contributed by atoms with Crippen LogP contribution in [0.4, 0.5) is 31.4 Å². The smallest absolute Gasteiger partial charge is 0.407 e. The summed E-state index contributed by atoms with van der Waals surface area (Å²) in [6.45, 7) is 0.181. The van der Waals surface area contributed by atoms with Crippen molar-refractivity contribution in [3.63, 3.8) is 0 Å². The number of nitrogens with one attached hydrogen (secondary N) is 9. The number of fused-ring (bicyclic) bond motifs is 12. The van der Waals surface area contributed by atoms with Gasteiger partial charge < -0.3 is 61.1 Å². The Bertz CT molecular complexity index is 5470. The Balaban J connectivity index is 0.614. The topological polar surface area (TPSA) is 250 Å². The molecule has 566 valence electrons. The summed E-state index contributed by atoms with van der Waals surface area (Å²) in [4.78, 5) is 96.7. The molecule has 3 aromatic heterocycles. The molecule has 0 spiro atoms. The summed E-state index contributed by atoms with van der Waals surface area (Å²) >= 11 is 0. The number of amides is 6. The fourth-order valence-corrected chi connectivity index (χ4v) is 17.1. The van der Waals surface area contributed by atoms with Crippen LogP contribution in [-0.2, 0) is 47.9 Å². The van der Waals surface area contributed by atoms with Crippen LogP contribution in [0.15, 0.2) is 310 Å². The first-order chi connectivity index (χ1) is 56.5. The van der Waals surface area contributed by atoms with Crippen LogP contribution in [-0.4, -0.2) is 88.9 Å². The van der Waals surface area contributed by atoms with E-state index < -0.39 is 60.0 Å². The molecule has 6 amide bonds. The number of alkyl carbamates (subject to hydrolysis) is 3. The number of benzene rings is 12. The second-order valence-corrected chi connectivity index (χ2v) is 29.5. The SMILES string of the molecule is O=C(N[C@@H](Cc1c[nH]c2ccccc12)C(=O)Nc1ccc(C(c2ccc(NC(=O)[C@H](Cc3c[nH]c4ccccc34)NC(=O)OCC3c4ccccc4-c4ccccc43)cc2)c2ccc(NC(=O)[C@H](Cc3c[nH]c4ccccc34)NC(=O)OCC3c4ccccc4-c4ccccc43)cc2)cc1)OCC1c2ccccc2-c2ccccc21. The molecule has 15 aromatic rings. The van der Waals surface area contributed by atoms with Gasteiger partial charge in [-0.3, -0.25) is 14.4 Å². The highest BCUT2D eigenvalue weighted by Crippen LogP contribution is 2.48. The first-order valence-electron chi connectivity index (χ1n) is 38.7. The first-order valence-corrected chi connectivity index (χ1v) is 38.7. The van der Waals surface area contributed by atoms with Gasteiger partial charge in [0.05, 0.1) is 0 Å². The lowest BCUT2D eigenvalue weighted by atomic mass is 9.85. The molecule has 3 atom stereocenters. The number of carbonyl (C=O) groups excluding carboxylic acids is 6. The molecule has 3 heterocycles. The number of anilines is 3. The van der Waals surface area contributed by atoms with Crippen molar-refractivity contribution in [1.29, 1.82) is 0 Å². The Labute approximate surface area is 662 Å². The number of aromatic amines is 3. The molecule has 115 heavy (non-hydrogen) atoms. The maximum atomic E-state index is 14.8. The number of carbonyl (C=O) groups is 6. The minimum Gasteiger partial charge on any atom is -0.449 e. The Morgan fingerprint density at radius 1 is 0.278 bits per heavy atom. The fourth-order valence-electron chi connectivity index (χ4n) is 17.1. The van der Waals surface area contributed by atoms with Crippen molar-refractivity contribution < 1.29 is 43.0 Å². The maximum absolute atomic E-state index is 14.8. The van der Waals surface area contributed by atoms with Crippen LogP contribution in [0.3, 0.4) is 0 Å². The van der Waals surface area contributed by atoms with Crippen molar-refractivity contribution in [2.24, 2.45) is 0 Å². The normalized spacial score (nSPS) is 13.3. The molecule has 0 bridgehead atoms. The quantitative estimate of drug-likeness (QED) is 0.0206. The van der Waals surface area contributed by atoms with Gasteiger partial charge in [0, 0.05) is 111 Å². The lowest BCUT2D eigenvalue weighted by molar-refractivity contribution is -0.118. The van der Waals surface area contributed by atoms with Crippen molar-refractivity contribution in [2.45, 2.75) is 61.1 Å². The molecule has 18 nitrogen and oxygen atoms in total. The number of hydrogen-bond acceptors (Lipinski definition) is 9. The van der Waals surface area contributed by atoms with Gasteiger partial charge in [0.25, 0.3) is 0 Å². The summed E-state index contributed by atoms with van der Waals surface area (Å²) in [5.74, 6) is -2.46. The highest BCUT2D eigenvalue weighted by atomic mass is 16.6. The van der Waals surface area contributed by atoms with E-state index in [1.54, 1.807) is 0 Å². The van der Waals surface area contributed by atoms with Crippen molar-refractivity contribution >= 4 is 85.8 Å².